The van der Waals surface area contributed by atoms with Gasteiger partial charge in [-0.3, -0.25) is 0 Å². The van der Waals surface area contributed by atoms with E-state index in [2.05, 4.69) is 9.71 Å². The highest BCUT2D eigenvalue weighted by molar-refractivity contribution is 7.88. The second kappa shape index (κ2) is 6.21. The lowest BCUT2D eigenvalue weighted by atomic mass is 10.2. The van der Waals surface area contributed by atoms with Gasteiger partial charge in [-0.2, -0.15) is 0 Å². The number of nitrogens with zero attached hydrogens (tertiary/aromatic N) is 1. The Morgan fingerprint density at radius 2 is 2.10 bits per heavy atom. The molecule has 0 saturated carbocycles. The van der Waals surface area contributed by atoms with Crippen LogP contribution in [0.25, 0.3) is 0 Å². The molecule has 21 heavy (non-hydrogen) atoms. The summed E-state index contributed by atoms with van der Waals surface area (Å²) in [6.07, 6.45) is 0. The first-order chi connectivity index (χ1) is 9.77. The Labute approximate surface area is 128 Å². The molecular weight excluding hydrogens is 311 g/mol. The molecule has 0 radical (unpaired) electrons. The Morgan fingerprint density at radius 3 is 2.67 bits per heavy atom. The number of halogens is 1. The third-order valence-electron chi connectivity index (χ3n) is 2.92. The molecule has 1 aromatic heterocycles. The maximum Gasteiger partial charge on any atom is 0.216 e. The van der Waals surface area contributed by atoms with Gasteiger partial charge in [-0.1, -0.05) is 12.1 Å². The van der Waals surface area contributed by atoms with Crippen LogP contribution >= 0.6 is 11.3 Å². The van der Waals surface area contributed by atoms with E-state index in [1.807, 2.05) is 12.3 Å². The van der Waals surface area contributed by atoms with Gasteiger partial charge in [0.05, 0.1) is 11.8 Å². The van der Waals surface area contributed by atoms with Crippen LogP contribution in [0.3, 0.4) is 0 Å². The van der Waals surface area contributed by atoms with E-state index < -0.39 is 21.9 Å². The van der Waals surface area contributed by atoms with E-state index in [0.717, 1.165) is 11.3 Å². The predicted octanol–water partition coefficient (Wildman–Crippen LogP) is 3.08. The van der Waals surface area contributed by atoms with Gasteiger partial charge in [-0.15, -0.1) is 11.3 Å². The molecule has 0 aliphatic heterocycles. The molecule has 4 nitrogen and oxygen atoms in total. The van der Waals surface area contributed by atoms with Gasteiger partial charge in [0.15, 0.2) is 0 Å². The first kappa shape index (κ1) is 16.1. The summed E-state index contributed by atoms with van der Waals surface area (Å²) >= 11 is 1.40. The maximum absolute atomic E-state index is 13.7. The highest BCUT2D eigenvalue weighted by Gasteiger charge is 2.20. The van der Waals surface area contributed by atoms with E-state index in [1.54, 1.807) is 19.9 Å². The molecule has 1 N–H and O–H groups in total. The van der Waals surface area contributed by atoms with Gasteiger partial charge >= 0.3 is 0 Å². The summed E-state index contributed by atoms with van der Waals surface area (Å²) in [4.78, 5) is 4.25. The Morgan fingerprint density at radius 1 is 1.38 bits per heavy atom. The second-order valence-corrected chi connectivity index (χ2v) is 7.66. The Bertz CT molecular complexity index is 741. The first-order valence-corrected chi connectivity index (χ1v) is 8.97. The number of rotatable bonds is 5. The fraction of sp³-hybridized carbons (Fsp3) is 0.357. The highest BCUT2D eigenvalue weighted by atomic mass is 32.2. The first-order valence-electron chi connectivity index (χ1n) is 6.44. The number of hydrogen-bond donors (Lipinski definition) is 1. The van der Waals surface area contributed by atoms with Gasteiger partial charge < -0.3 is 0 Å². The SMILES string of the molecule is Cc1ccc(CS(=O)(=O)N[C@@H](C)c2nc(C)cs2)c(F)c1. The van der Waals surface area contributed by atoms with E-state index in [4.69, 9.17) is 0 Å². The Balaban J connectivity index is 2.11. The van der Waals surface area contributed by atoms with Crippen molar-refractivity contribution in [3.05, 3.63) is 51.2 Å². The van der Waals surface area contributed by atoms with Gasteiger partial charge in [0.2, 0.25) is 10.0 Å². The number of benzene rings is 1. The van der Waals surface area contributed by atoms with E-state index in [0.29, 0.717) is 5.01 Å². The van der Waals surface area contributed by atoms with E-state index in [-0.39, 0.29) is 11.3 Å². The third kappa shape index (κ3) is 4.33. The van der Waals surface area contributed by atoms with Crippen molar-refractivity contribution in [3.8, 4) is 0 Å². The topological polar surface area (TPSA) is 59.1 Å². The predicted molar refractivity (Wildman–Crippen MR) is 82.2 cm³/mol. The van der Waals surface area contributed by atoms with E-state index in [9.17, 15) is 12.8 Å². The average Bonchev–Trinajstić information content (AvgIpc) is 2.79. The fourth-order valence-electron chi connectivity index (χ4n) is 1.91. The quantitative estimate of drug-likeness (QED) is 0.917. The average molecular weight is 328 g/mol. The molecule has 2 aromatic rings. The van der Waals surface area contributed by atoms with Crippen molar-refractivity contribution in [2.75, 3.05) is 0 Å². The Hall–Kier alpha value is -1.31. The zero-order valence-electron chi connectivity index (χ0n) is 12.1. The summed E-state index contributed by atoms with van der Waals surface area (Å²) in [5.74, 6) is -0.883. The molecule has 0 fully saturated rings. The fourth-order valence-corrected chi connectivity index (χ4v) is 4.16. The van der Waals surface area contributed by atoms with E-state index in [1.165, 1.54) is 23.5 Å². The van der Waals surface area contributed by atoms with Crippen molar-refractivity contribution in [1.29, 1.82) is 0 Å². The van der Waals surface area contributed by atoms with Crippen LogP contribution < -0.4 is 4.72 Å². The van der Waals surface area contributed by atoms with Crippen LogP contribution in [0.1, 0.15) is 34.8 Å². The molecule has 2 rings (SSSR count). The Kier molecular flexibility index (Phi) is 4.75. The summed E-state index contributed by atoms with van der Waals surface area (Å²) in [7, 11) is -3.63. The van der Waals surface area contributed by atoms with Crippen molar-refractivity contribution in [1.82, 2.24) is 9.71 Å². The molecule has 114 valence electrons. The number of hydrogen-bond acceptors (Lipinski definition) is 4. The van der Waals surface area contributed by atoms with Gasteiger partial charge in [-0.25, -0.2) is 22.5 Å². The van der Waals surface area contributed by atoms with E-state index >= 15 is 0 Å². The summed E-state index contributed by atoms with van der Waals surface area (Å²) < 4.78 is 40.5. The zero-order chi connectivity index (χ0) is 15.6. The normalized spacial score (nSPS) is 13.3. The van der Waals surface area contributed by atoms with Gasteiger partial charge in [0.1, 0.15) is 10.8 Å². The van der Waals surface area contributed by atoms with Crippen LogP contribution in [0.15, 0.2) is 23.6 Å². The molecule has 1 atom stereocenters. The van der Waals surface area contributed by atoms with Crippen LogP contribution in [-0.4, -0.2) is 13.4 Å². The minimum absolute atomic E-state index is 0.163. The molecule has 0 amide bonds. The minimum atomic E-state index is -3.63. The van der Waals surface area contributed by atoms with Gasteiger partial charge in [0.25, 0.3) is 0 Å². The molecule has 0 unspecified atom stereocenters. The molecule has 0 aliphatic rings. The second-order valence-electron chi connectivity index (χ2n) is 5.02. The summed E-state index contributed by atoms with van der Waals surface area (Å²) in [5, 5.41) is 2.56. The number of aromatic nitrogens is 1. The molecule has 1 aromatic carbocycles. The van der Waals surface area contributed by atoms with Crippen molar-refractivity contribution in [2.45, 2.75) is 32.6 Å². The van der Waals surface area contributed by atoms with Crippen molar-refractivity contribution < 1.29 is 12.8 Å². The molecule has 0 bridgehead atoms. The molecule has 0 saturated heterocycles. The molecule has 0 aliphatic carbocycles. The number of sulfonamides is 1. The molecule has 1 heterocycles. The van der Waals surface area contributed by atoms with Crippen molar-refractivity contribution in [2.24, 2.45) is 0 Å². The smallest absolute Gasteiger partial charge is 0.216 e. The summed E-state index contributed by atoms with van der Waals surface area (Å²) in [5.41, 5.74) is 1.77. The van der Waals surface area contributed by atoms with Crippen LogP contribution in [0.2, 0.25) is 0 Å². The van der Waals surface area contributed by atoms with Crippen molar-refractivity contribution in [3.63, 3.8) is 0 Å². The molecule has 7 heteroatoms. The highest BCUT2D eigenvalue weighted by Crippen LogP contribution is 2.20. The molecular formula is C14H17FN2O2S2. The summed E-state index contributed by atoms with van der Waals surface area (Å²) in [6.45, 7) is 5.33. The van der Waals surface area contributed by atoms with Crippen molar-refractivity contribution >= 4 is 21.4 Å². The third-order valence-corrected chi connectivity index (χ3v) is 5.47. The molecule has 0 spiro atoms. The largest absolute Gasteiger partial charge is 0.245 e. The lowest BCUT2D eigenvalue weighted by Crippen LogP contribution is -2.28. The van der Waals surface area contributed by atoms with Gasteiger partial charge in [0, 0.05) is 16.6 Å². The maximum atomic E-state index is 13.7. The number of thiazole rings is 1. The van der Waals surface area contributed by atoms with Gasteiger partial charge in [-0.05, 0) is 32.4 Å². The zero-order valence-corrected chi connectivity index (χ0v) is 13.7. The lowest BCUT2D eigenvalue weighted by Gasteiger charge is -2.12. The minimum Gasteiger partial charge on any atom is -0.245 e. The summed E-state index contributed by atoms with van der Waals surface area (Å²) in [6, 6.07) is 4.10. The van der Waals surface area contributed by atoms with Crippen LogP contribution in [0.5, 0.6) is 0 Å². The van der Waals surface area contributed by atoms with Crippen LogP contribution in [0, 0.1) is 19.7 Å². The number of aryl methyl sites for hydroxylation is 2. The van der Waals surface area contributed by atoms with Crippen LogP contribution in [-0.2, 0) is 15.8 Å². The van der Waals surface area contributed by atoms with Crippen LogP contribution in [0.4, 0.5) is 4.39 Å². The number of nitrogens with one attached hydrogen (secondary N) is 1. The monoisotopic (exact) mass is 328 g/mol. The lowest BCUT2D eigenvalue weighted by molar-refractivity contribution is 0.560. The standard InChI is InChI=1S/C14H17FN2O2S2/c1-9-4-5-12(13(15)6-9)8-21(18,19)17-11(3)14-16-10(2)7-20-14/h4-7,11,17H,8H2,1-3H3/t11-/m0/s1.